The minimum absolute atomic E-state index is 0. The number of likely N-dealkylation sites (tertiary alicyclic amines) is 1. The fourth-order valence-corrected chi connectivity index (χ4v) is 4.87. The number of nitrogens with zero attached hydrogens (tertiary/aromatic N) is 5. The number of amides is 1. The molecule has 1 aliphatic heterocycles. The highest BCUT2D eigenvalue weighted by atomic mass is 32.2. The van der Waals surface area contributed by atoms with Gasteiger partial charge in [0.25, 0.3) is 5.91 Å². The van der Waals surface area contributed by atoms with Gasteiger partial charge >= 0.3 is 0 Å². The molecule has 192 valence electrons. The van der Waals surface area contributed by atoms with Crippen molar-refractivity contribution in [3.05, 3.63) is 60.4 Å². The summed E-state index contributed by atoms with van der Waals surface area (Å²) in [5.74, 6) is -0.249. The maximum atomic E-state index is 14.4. The lowest BCUT2D eigenvalue weighted by Gasteiger charge is -2.16. The lowest BCUT2D eigenvalue weighted by Crippen LogP contribution is -2.28. The van der Waals surface area contributed by atoms with E-state index in [9.17, 15) is 17.6 Å². The van der Waals surface area contributed by atoms with Crippen LogP contribution in [0.15, 0.2) is 49.1 Å². The van der Waals surface area contributed by atoms with Crippen molar-refractivity contribution in [2.75, 3.05) is 24.4 Å². The maximum Gasteiger partial charge on any atom is 0.256 e. The van der Waals surface area contributed by atoms with Gasteiger partial charge in [-0.3, -0.25) is 14.5 Å². The lowest BCUT2D eigenvalue weighted by atomic mass is 10.1. The van der Waals surface area contributed by atoms with Crippen molar-refractivity contribution in [3.8, 4) is 17.1 Å². The van der Waals surface area contributed by atoms with Gasteiger partial charge in [0.15, 0.2) is 0 Å². The largest absolute Gasteiger partial charge is 0.477 e. The van der Waals surface area contributed by atoms with Crippen molar-refractivity contribution in [1.82, 2.24) is 24.8 Å². The van der Waals surface area contributed by atoms with E-state index in [-0.39, 0.29) is 24.1 Å². The van der Waals surface area contributed by atoms with Crippen molar-refractivity contribution in [1.29, 1.82) is 0 Å². The third kappa shape index (κ3) is 6.51. The summed E-state index contributed by atoms with van der Waals surface area (Å²) in [6.45, 7) is 3.73. The Hall–Kier alpha value is -3.67. The van der Waals surface area contributed by atoms with Gasteiger partial charge in [0, 0.05) is 32.5 Å². The molecule has 1 aliphatic carbocycles. The van der Waals surface area contributed by atoms with E-state index in [2.05, 4.69) is 24.7 Å². The number of carbonyl (C=O) groups is 1. The molecular formula is C24H29FN6O4S. The van der Waals surface area contributed by atoms with E-state index in [1.807, 2.05) is 6.92 Å². The van der Waals surface area contributed by atoms with Crippen molar-refractivity contribution in [2.24, 2.45) is 0 Å². The number of carbonyl (C=O) groups excluding carboxylic acids is 1. The van der Waals surface area contributed by atoms with E-state index in [1.165, 1.54) is 30.7 Å². The number of sulfonamides is 1. The summed E-state index contributed by atoms with van der Waals surface area (Å²) in [6.07, 6.45) is 9.48. The van der Waals surface area contributed by atoms with Gasteiger partial charge in [-0.1, -0.05) is 6.07 Å². The van der Waals surface area contributed by atoms with E-state index in [1.54, 1.807) is 23.2 Å². The Morgan fingerprint density at radius 2 is 1.92 bits per heavy atom. The number of benzene rings is 1. The Balaban J connectivity index is 0.000000231. The van der Waals surface area contributed by atoms with E-state index in [4.69, 9.17) is 4.74 Å². The number of aromatic nitrogens is 4. The molecule has 2 fully saturated rings. The highest BCUT2D eigenvalue weighted by molar-refractivity contribution is 7.93. The van der Waals surface area contributed by atoms with Gasteiger partial charge in [-0.25, -0.2) is 27.8 Å². The van der Waals surface area contributed by atoms with Crippen LogP contribution in [0.4, 0.5) is 10.3 Å². The molecule has 36 heavy (non-hydrogen) atoms. The Kier molecular flexibility index (Phi) is 8.04. The van der Waals surface area contributed by atoms with Crippen LogP contribution in [0.5, 0.6) is 5.88 Å². The first-order valence-corrected chi connectivity index (χ1v) is 13.2. The molecule has 10 nitrogen and oxygen atoms in total. The molecule has 0 unspecified atom stereocenters. The number of anilines is 1. The van der Waals surface area contributed by atoms with Crippen molar-refractivity contribution in [2.45, 2.75) is 37.9 Å². The second kappa shape index (κ2) is 11.4. The van der Waals surface area contributed by atoms with Crippen LogP contribution in [0, 0.1) is 5.82 Å². The van der Waals surface area contributed by atoms with Gasteiger partial charge in [0.1, 0.15) is 5.82 Å². The van der Waals surface area contributed by atoms with Gasteiger partial charge in [0.2, 0.25) is 21.9 Å². The van der Waals surface area contributed by atoms with Gasteiger partial charge in [0.05, 0.1) is 35.5 Å². The molecule has 3 heterocycles. The van der Waals surface area contributed by atoms with Crippen molar-refractivity contribution >= 4 is 21.9 Å². The van der Waals surface area contributed by atoms with E-state index in [0.717, 1.165) is 25.7 Å². The van der Waals surface area contributed by atoms with Crippen LogP contribution in [0.3, 0.4) is 0 Å². The molecule has 0 radical (unpaired) electrons. The fourth-order valence-electron chi connectivity index (χ4n) is 3.58. The Morgan fingerprint density at radius 3 is 2.56 bits per heavy atom. The van der Waals surface area contributed by atoms with Crippen LogP contribution >= 0.6 is 0 Å². The molecule has 1 saturated carbocycles. The van der Waals surface area contributed by atoms with Gasteiger partial charge in [-0.2, -0.15) is 0 Å². The van der Waals surface area contributed by atoms with E-state index < -0.39 is 15.8 Å². The normalized spacial score (nSPS) is 15.1. The third-order valence-corrected chi connectivity index (χ3v) is 7.37. The third-order valence-electron chi connectivity index (χ3n) is 5.56. The van der Waals surface area contributed by atoms with E-state index in [0.29, 0.717) is 36.8 Å². The van der Waals surface area contributed by atoms with Crippen LogP contribution in [0.1, 0.15) is 44.4 Å². The zero-order chi connectivity index (χ0) is 25.5. The molecule has 2 aromatic heterocycles. The average molecular weight is 517 g/mol. The first-order valence-electron chi connectivity index (χ1n) is 11.7. The SMILES string of the molecule is CCOc1cncc(-c2ccc(C(=O)N3CCCC3)c(F)c2)n1.O=S(=O)(Nc1ncccn1)C1CC1.[HH]. The summed E-state index contributed by atoms with van der Waals surface area (Å²) in [4.78, 5) is 29.9. The molecule has 2 aliphatic rings. The van der Waals surface area contributed by atoms with Crippen LogP contribution in [-0.4, -0.2) is 64.1 Å². The molecule has 3 aromatic rings. The summed E-state index contributed by atoms with van der Waals surface area (Å²) < 4.78 is 44.7. The summed E-state index contributed by atoms with van der Waals surface area (Å²) >= 11 is 0. The minimum Gasteiger partial charge on any atom is -0.477 e. The van der Waals surface area contributed by atoms with Gasteiger partial charge < -0.3 is 9.64 Å². The standard InChI is InChI=1S/C17H18FN3O2.C7H9N3O2S.H2/c1-2-23-16-11-19-10-15(20-16)12-5-6-13(14(18)9-12)17(22)21-7-3-4-8-21;11-13(12,6-2-3-6)10-7-8-4-1-5-9-7;/h5-6,9-11H,2-4,7-8H2,1H3;1,4-6H,2-3H2,(H,8,9,10);1H. The summed E-state index contributed by atoms with van der Waals surface area (Å²) in [5, 5.41) is -0.240. The predicted molar refractivity (Wildman–Crippen MR) is 133 cm³/mol. The zero-order valence-corrected chi connectivity index (χ0v) is 20.6. The molecule has 5 rings (SSSR count). The number of rotatable bonds is 7. The molecule has 0 bridgehead atoms. The number of hydrogen-bond acceptors (Lipinski definition) is 8. The maximum absolute atomic E-state index is 14.4. The zero-order valence-electron chi connectivity index (χ0n) is 19.8. The van der Waals surface area contributed by atoms with Crippen LogP contribution in [0.2, 0.25) is 0 Å². The van der Waals surface area contributed by atoms with E-state index >= 15 is 0 Å². The fraction of sp³-hybridized carbons (Fsp3) is 0.375. The van der Waals surface area contributed by atoms with Crippen LogP contribution < -0.4 is 9.46 Å². The number of hydrogen-bond donors (Lipinski definition) is 1. The van der Waals surface area contributed by atoms with Gasteiger partial charge in [-0.15, -0.1) is 0 Å². The monoisotopic (exact) mass is 516 g/mol. The molecule has 1 amide bonds. The number of ether oxygens (including phenoxy) is 1. The average Bonchev–Trinajstić information content (AvgIpc) is 3.61. The highest BCUT2D eigenvalue weighted by Crippen LogP contribution is 2.28. The molecule has 1 N–H and O–H groups in total. The number of nitrogens with one attached hydrogen (secondary N) is 1. The van der Waals surface area contributed by atoms with Crippen molar-refractivity contribution in [3.63, 3.8) is 0 Å². The highest BCUT2D eigenvalue weighted by Gasteiger charge is 2.36. The predicted octanol–water partition coefficient (Wildman–Crippen LogP) is 3.54. The Morgan fingerprint density at radius 1 is 1.19 bits per heavy atom. The van der Waals surface area contributed by atoms with Crippen molar-refractivity contribution < 1.29 is 23.8 Å². The lowest BCUT2D eigenvalue weighted by molar-refractivity contribution is 0.0788. The molecule has 0 atom stereocenters. The van der Waals surface area contributed by atoms with Crippen LogP contribution in [-0.2, 0) is 10.0 Å². The van der Waals surface area contributed by atoms with Crippen LogP contribution in [0.25, 0.3) is 11.3 Å². The van der Waals surface area contributed by atoms with Gasteiger partial charge in [-0.05, 0) is 50.8 Å². The second-order valence-corrected chi connectivity index (χ2v) is 10.2. The first kappa shape index (κ1) is 25.4. The Labute approximate surface area is 210 Å². The molecular weight excluding hydrogens is 487 g/mol. The topological polar surface area (TPSA) is 127 Å². The molecule has 1 aromatic carbocycles. The molecule has 12 heteroatoms. The first-order chi connectivity index (χ1) is 17.4. The smallest absolute Gasteiger partial charge is 0.256 e. The summed E-state index contributed by atoms with van der Waals surface area (Å²) in [7, 11) is -3.22. The quantitative estimate of drug-likeness (QED) is 0.505. The summed E-state index contributed by atoms with van der Waals surface area (Å²) in [6, 6.07) is 6.16. The second-order valence-electron chi connectivity index (χ2n) is 8.29. The Bertz CT molecular complexity index is 1310. The number of halogens is 1. The minimum atomic E-state index is -3.22. The molecule has 0 spiro atoms. The molecule has 1 saturated heterocycles. The summed E-state index contributed by atoms with van der Waals surface area (Å²) in [5.41, 5.74) is 1.18.